The molecule has 1 heterocycles. The van der Waals surface area contributed by atoms with Crippen LogP contribution in [0.4, 0.5) is 0 Å². The fourth-order valence-electron chi connectivity index (χ4n) is 1.96. The van der Waals surface area contributed by atoms with E-state index in [9.17, 15) is 14.9 Å². The molecule has 0 aliphatic carbocycles. The number of nitriles is 1. The SMILES string of the molecule is CC(C)(C)[Si](C)(C)OCCCc1cc(=O)[nH]c(SCC(N)=O)c1C#N. The Morgan fingerprint density at radius 1 is 1.44 bits per heavy atom. The minimum absolute atomic E-state index is 0.0164. The molecule has 0 aliphatic rings. The highest BCUT2D eigenvalue weighted by molar-refractivity contribution is 7.99. The quantitative estimate of drug-likeness (QED) is 0.409. The number of aromatic amines is 1. The Bertz CT molecular complexity index is 717. The lowest BCUT2D eigenvalue weighted by atomic mass is 10.1. The molecule has 0 unspecified atom stereocenters. The maximum Gasteiger partial charge on any atom is 0.249 e. The average molecular weight is 382 g/mol. The molecule has 6 nitrogen and oxygen atoms in total. The highest BCUT2D eigenvalue weighted by Gasteiger charge is 2.36. The molecule has 0 fully saturated rings. The summed E-state index contributed by atoms with van der Waals surface area (Å²) in [5.41, 5.74) is 5.93. The van der Waals surface area contributed by atoms with Gasteiger partial charge in [0, 0.05) is 12.7 Å². The standard InChI is InChI=1S/C17H27N3O3SSi/c1-17(2,3)25(4,5)23-8-6-7-12-9-15(22)20-16(13(12)10-18)24-11-14(19)21/h9H,6-8,11H2,1-5H3,(H2,19,21)(H,20,22). The van der Waals surface area contributed by atoms with Crippen molar-refractivity contribution in [3.8, 4) is 6.07 Å². The van der Waals surface area contributed by atoms with E-state index < -0.39 is 14.2 Å². The van der Waals surface area contributed by atoms with Gasteiger partial charge in [-0.2, -0.15) is 5.26 Å². The van der Waals surface area contributed by atoms with E-state index in [0.717, 1.165) is 18.2 Å². The van der Waals surface area contributed by atoms with E-state index >= 15 is 0 Å². The van der Waals surface area contributed by atoms with Crippen LogP contribution >= 0.6 is 11.8 Å². The summed E-state index contributed by atoms with van der Waals surface area (Å²) < 4.78 is 6.13. The van der Waals surface area contributed by atoms with Gasteiger partial charge < -0.3 is 15.1 Å². The highest BCUT2D eigenvalue weighted by Crippen LogP contribution is 2.36. The number of carbonyl (C=O) groups excluding carboxylic acids is 1. The van der Waals surface area contributed by atoms with Gasteiger partial charge in [-0.1, -0.05) is 32.5 Å². The summed E-state index contributed by atoms with van der Waals surface area (Å²) in [6.07, 6.45) is 1.30. The first-order chi connectivity index (χ1) is 11.5. The van der Waals surface area contributed by atoms with Gasteiger partial charge in [-0.15, -0.1) is 0 Å². The zero-order valence-electron chi connectivity index (χ0n) is 15.6. The summed E-state index contributed by atoms with van der Waals surface area (Å²) >= 11 is 1.08. The van der Waals surface area contributed by atoms with Crippen molar-refractivity contribution < 1.29 is 9.22 Å². The number of nitrogens with zero attached hydrogens (tertiary/aromatic N) is 1. The van der Waals surface area contributed by atoms with Gasteiger partial charge in [0.25, 0.3) is 0 Å². The second-order valence-corrected chi connectivity index (χ2v) is 13.2. The van der Waals surface area contributed by atoms with E-state index in [-0.39, 0.29) is 16.4 Å². The van der Waals surface area contributed by atoms with Gasteiger partial charge >= 0.3 is 0 Å². The van der Waals surface area contributed by atoms with Gasteiger partial charge in [0.1, 0.15) is 6.07 Å². The minimum Gasteiger partial charge on any atom is -0.417 e. The van der Waals surface area contributed by atoms with Gasteiger partial charge in [-0.05, 0) is 36.5 Å². The summed E-state index contributed by atoms with van der Waals surface area (Å²) in [6, 6.07) is 3.56. The minimum atomic E-state index is -1.80. The summed E-state index contributed by atoms with van der Waals surface area (Å²) in [6.45, 7) is 11.5. The molecule has 0 saturated carbocycles. The van der Waals surface area contributed by atoms with E-state index in [4.69, 9.17) is 10.2 Å². The van der Waals surface area contributed by atoms with E-state index in [1.807, 2.05) is 0 Å². The summed E-state index contributed by atoms with van der Waals surface area (Å²) in [4.78, 5) is 25.4. The third-order valence-electron chi connectivity index (χ3n) is 4.42. The number of aromatic nitrogens is 1. The molecule has 138 valence electrons. The number of thioether (sulfide) groups is 1. The molecular weight excluding hydrogens is 354 g/mol. The van der Waals surface area contributed by atoms with Crippen molar-refractivity contribution in [1.82, 2.24) is 4.98 Å². The summed E-state index contributed by atoms with van der Waals surface area (Å²) in [5.74, 6) is -0.481. The lowest BCUT2D eigenvalue weighted by Gasteiger charge is -2.36. The van der Waals surface area contributed by atoms with Crippen molar-refractivity contribution in [3.63, 3.8) is 0 Å². The second kappa shape index (κ2) is 8.69. The molecule has 3 N–H and O–H groups in total. The first-order valence-electron chi connectivity index (χ1n) is 8.19. The fraction of sp³-hybridized carbons (Fsp3) is 0.588. The van der Waals surface area contributed by atoms with Crippen LogP contribution in [0, 0.1) is 11.3 Å². The van der Waals surface area contributed by atoms with Crippen LogP contribution in [0.2, 0.25) is 18.1 Å². The van der Waals surface area contributed by atoms with Gasteiger partial charge in [-0.3, -0.25) is 9.59 Å². The highest BCUT2D eigenvalue weighted by atomic mass is 32.2. The van der Waals surface area contributed by atoms with Crippen molar-refractivity contribution in [2.75, 3.05) is 12.4 Å². The fourth-order valence-corrected chi connectivity index (χ4v) is 3.83. The molecule has 8 heteroatoms. The van der Waals surface area contributed by atoms with E-state index in [1.165, 1.54) is 6.07 Å². The van der Waals surface area contributed by atoms with Crippen LogP contribution < -0.4 is 11.3 Å². The number of primary amides is 1. The van der Waals surface area contributed by atoms with Crippen molar-refractivity contribution in [1.29, 1.82) is 5.26 Å². The van der Waals surface area contributed by atoms with Crippen LogP contribution in [0.5, 0.6) is 0 Å². The third-order valence-corrected chi connectivity index (χ3v) is 9.98. The van der Waals surface area contributed by atoms with Gasteiger partial charge in [0.15, 0.2) is 8.32 Å². The molecule has 0 spiro atoms. The zero-order chi connectivity index (χ0) is 19.3. The van der Waals surface area contributed by atoms with E-state index in [0.29, 0.717) is 29.2 Å². The molecular formula is C17H27N3O3SSi. The van der Waals surface area contributed by atoms with Crippen LogP contribution in [0.15, 0.2) is 15.9 Å². The maximum absolute atomic E-state index is 11.8. The van der Waals surface area contributed by atoms with Gasteiger partial charge in [0.05, 0.1) is 16.3 Å². The van der Waals surface area contributed by atoms with Gasteiger partial charge in [0.2, 0.25) is 11.5 Å². The molecule has 1 rings (SSSR count). The Morgan fingerprint density at radius 2 is 2.08 bits per heavy atom. The largest absolute Gasteiger partial charge is 0.417 e. The topological polar surface area (TPSA) is 109 Å². The lowest BCUT2D eigenvalue weighted by Crippen LogP contribution is -2.41. The monoisotopic (exact) mass is 381 g/mol. The Kier molecular flexibility index (Phi) is 7.47. The number of nitrogens with one attached hydrogen (secondary N) is 1. The van der Waals surface area contributed by atoms with Crippen LogP contribution in [-0.4, -0.2) is 31.6 Å². The van der Waals surface area contributed by atoms with E-state index in [2.05, 4.69) is 44.9 Å². The lowest BCUT2D eigenvalue weighted by molar-refractivity contribution is -0.115. The Balaban J connectivity index is 2.81. The number of amides is 1. The predicted octanol–water partition coefficient (Wildman–Crippen LogP) is 2.78. The maximum atomic E-state index is 11.8. The predicted molar refractivity (Wildman–Crippen MR) is 103 cm³/mol. The number of aryl methyl sites for hydroxylation is 1. The first-order valence-corrected chi connectivity index (χ1v) is 12.1. The number of hydrogen-bond donors (Lipinski definition) is 2. The number of carbonyl (C=O) groups is 1. The van der Waals surface area contributed by atoms with Crippen LogP contribution in [-0.2, 0) is 15.6 Å². The number of hydrogen-bond acceptors (Lipinski definition) is 5. The third kappa shape index (κ3) is 6.34. The average Bonchev–Trinajstić information content (AvgIpc) is 2.48. The summed E-state index contributed by atoms with van der Waals surface area (Å²) in [5, 5.41) is 9.97. The second-order valence-electron chi connectivity index (χ2n) is 7.44. The van der Waals surface area contributed by atoms with Crippen molar-refractivity contribution in [2.45, 2.75) is 56.8 Å². The number of H-pyrrole nitrogens is 1. The molecule has 1 aromatic rings. The Hall–Kier alpha value is -1.56. The van der Waals surface area contributed by atoms with Gasteiger partial charge in [-0.25, -0.2) is 0 Å². The van der Waals surface area contributed by atoms with Crippen LogP contribution in [0.1, 0.15) is 38.3 Å². The smallest absolute Gasteiger partial charge is 0.249 e. The Morgan fingerprint density at radius 3 is 2.60 bits per heavy atom. The molecule has 1 aromatic heterocycles. The molecule has 0 aliphatic heterocycles. The number of rotatable bonds is 8. The molecule has 1 amide bonds. The summed E-state index contributed by atoms with van der Waals surface area (Å²) in [7, 11) is -1.80. The molecule has 0 aromatic carbocycles. The molecule has 25 heavy (non-hydrogen) atoms. The van der Waals surface area contributed by atoms with Crippen LogP contribution in [0.25, 0.3) is 0 Å². The molecule has 0 saturated heterocycles. The van der Waals surface area contributed by atoms with Crippen molar-refractivity contribution in [2.24, 2.45) is 5.73 Å². The Labute approximate surface area is 154 Å². The van der Waals surface area contributed by atoms with Crippen LogP contribution in [0.3, 0.4) is 0 Å². The van der Waals surface area contributed by atoms with Crippen molar-refractivity contribution >= 4 is 26.0 Å². The van der Waals surface area contributed by atoms with E-state index in [1.54, 1.807) is 0 Å². The number of pyridine rings is 1. The zero-order valence-corrected chi connectivity index (χ0v) is 17.4. The molecule has 0 radical (unpaired) electrons. The van der Waals surface area contributed by atoms with Crippen molar-refractivity contribution in [3.05, 3.63) is 27.5 Å². The number of nitrogens with two attached hydrogens (primary N) is 1. The molecule has 0 atom stereocenters. The molecule has 0 bridgehead atoms. The normalized spacial score (nSPS) is 12.0. The first kappa shape index (κ1) is 21.5.